The number of phenolic OH excluding ortho intramolecular Hbond substituents is 1. The summed E-state index contributed by atoms with van der Waals surface area (Å²) >= 11 is 0. The summed E-state index contributed by atoms with van der Waals surface area (Å²) < 4.78 is 0. The molecule has 1 fully saturated rings. The van der Waals surface area contributed by atoms with E-state index in [9.17, 15) is 14.7 Å². The predicted molar refractivity (Wildman–Crippen MR) is 77.4 cm³/mol. The molecule has 114 valence electrons. The predicted octanol–water partition coefficient (Wildman–Crippen LogP) is 0.933. The number of phenols is 1. The molecule has 0 bridgehead atoms. The van der Waals surface area contributed by atoms with Crippen molar-refractivity contribution in [3.05, 3.63) is 29.3 Å². The van der Waals surface area contributed by atoms with Crippen LogP contribution < -0.4 is 0 Å². The molecule has 0 aromatic heterocycles. The van der Waals surface area contributed by atoms with E-state index in [1.807, 2.05) is 11.8 Å². The molecule has 1 aromatic carbocycles. The smallest absolute Gasteiger partial charge is 0.317 e. The van der Waals surface area contributed by atoms with Crippen LogP contribution in [0.1, 0.15) is 22.3 Å². The topological polar surface area (TPSA) is 81.1 Å². The third kappa shape index (κ3) is 3.95. The number of carbonyl (C=O) groups excluding carboxylic acids is 1. The Hall–Kier alpha value is -2.08. The van der Waals surface area contributed by atoms with Crippen molar-refractivity contribution in [2.75, 3.05) is 32.7 Å². The Morgan fingerprint density at radius 2 is 1.95 bits per heavy atom. The second kappa shape index (κ2) is 6.58. The highest BCUT2D eigenvalue weighted by Crippen LogP contribution is 2.20. The number of aryl methyl sites for hydroxylation is 1. The number of benzene rings is 1. The fourth-order valence-electron chi connectivity index (χ4n) is 2.51. The fourth-order valence-corrected chi connectivity index (χ4v) is 2.51. The van der Waals surface area contributed by atoms with Crippen LogP contribution in [0.15, 0.2) is 18.2 Å². The molecule has 0 spiro atoms. The van der Waals surface area contributed by atoms with Crippen LogP contribution in [0.3, 0.4) is 0 Å². The van der Waals surface area contributed by atoms with Crippen molar-refractivity contribution < 1.29 is 19.8 Å². The molecule has 0 radical (unpaired) electrons. The molecule has 0 saturated carbocycles. The van der Waals surface area contributed by atoms with Gasteiger partial charge in [0.05, 0.1) is 12.1 Å². The van der Waals surface area contributed by atoms with Crippen LogP contribution in [0.2, 0.25) is 0 Å². The molecule has 1 aliphatic rings. The number of carboxylic acids is 1. The highest BCUT2D eigenvalue weighted by molar-refractivity contribution is 5.97. The zero-order chi connectivity index (χ0) is 15.4. The van der Waals surface area contributed by atoms with Crippen molar-refractivity contribution in [1.82, 2.24) is 9.80 Å². The third-order valence-corrected chi connectivity index (χ3v) is 3.62. The maximum Gasteiger partial charge on any atom is 0.317 e. The molecule has 0 aliphatic carbocycles. The number of carbonyl (C=O) groups is 2. The monoisotopic (exact) mass is 292 g/mol. The number of aliphatic carboxylic acids is 1. The lowest BCUT2D eigenvalue weighted by molar-refractivity contribution is -0.138. The molecular weight excluding hydrogens is 272 g/mol. The van der Waals surface area contributed by atoms with Crippen LogP contribution in [0.5, 0.6) is 5.75 Å². The highest BCUT2D eigenvalue weighted by Gasteiger charge is 2.23. The highest BCUT2D eigenvalue weighted by atomic mass is 16.4. The zero-order valence-corrected chi connectivity index (χ0v) is 12.1. The van der Waals surface area contributed by atoms with Crippen LogP contribution in [0, 0.1) is 6.92 Å². The Morgan fingerprint density at radius 1 is 1.19 bits per heavy atom. The van der Waals surface area contributed by atoms with Gasteiger partial charge in [-0.1, -0.05) is 11.6 Å². The number of hydrogen-bond donors (Lipinski definition) is 2. The van der Waals surface area contributed by atoms with E-state index in [0.29, 0.717) is 31.7 Å². The van der Waals surface area contributed by atoms with Crippen LogP contribution in [-0.2, 0) is 4.79 Å². The van der Waals surface area contributed by atoms with Gasteiger partial charge < -0.3 is 15.1 Å². The molecule has 6 nitrogen and oxygen atoms in total. The quantitative estimate of drug-likeness (QED) is 0.866. The van der Waals surface area contributed by atoms with Crippen molar-refractivity contribution in [2.24, 2.45) is 0 Å². The summed E-state index contributed by atoms with van der Waals surface area (Å²) in [5, 5.41) is 18.7. The molecule has 0 atom stereocenters. The lowest BCUT2D eigenvalue weighted by Gasteiger charge is -2.21. The maximum absolute atomic E-state index is 12.5. The first-order chi connectivity index (χ1) is 9.97. The molecule has 1 saturated heterocycles. The molecule has 1 heterocycles. The van der Waals surface area contributed by atoms with Gasteiger partial charge in [-0.2, -0.15) is 0 Å². The number of hydrogen-bond acceptors (Lipinski definition) is 4. The normalized spacial score (nSPS) is 16.5. The van der Waals surface area contributed by atoms with Crippen LogP contribution >= 0.6 is 0 Å². The zero-order valence-electron chi connectivity index (χ0n) is 12.1. The van der Waals surface area contributed by atoms with Gasteiger partial charge in [-0.05, 0) is 25.5 Å². The van der Waals surface area contributed by atoms with E-state index in [1.54, 1.807) is 17.0 Å². The first kappa shape index (κ1) is 15.3. The van der Waals surface area contributed by atoms with E-state index in [2.05, 4.69) is 0 Å². The molecule has 21 heavy (non-hydrogen) atoms. The number of carboxylic acid groups (broad SMARTS) is 1. The average molecular weight is 292 g/mol. The van der Waals surface area contributed by atoms with E-state index in [0.717, 1.165) is 12.0 Å². The van der Waals surface area contributed by atoms with Crippen molar-refractivity contribution in [2.45, 2.75) is 13.3 Å². The number of aromatic hydroxyl groups is 1. The summed E-state index contributed by atoms with van der Waals surface area (Å²) in [5.74, 6) is -1.07. The van der Waals surface area contributed by atoms with Crippen molar-refractivity contribution >= 4 is 11.9 Å². The minimum atomic E-state index is -0.855. The Labute approximate surface area is 123 Å². The average Bonchev–Trinajstić information content (AvgIpc) is 2.66. The first-order valence-electron chi connectivity index (χ1n) is 7.00. The molecule has 1 amide bonds. The van der Waals surface area contributed by atoms with E-state index < -0.39 is 5.97 Å². The van der Waals surface area contributed by atoms with Crippen molar-refractivity contribution in [1.29, 1.82) is 0 Å². The molecule has 2 rings (SSSR count). The summed E-state index contributed by atoms with van der Waals surface area (Å²) in [6.07, 6.45) is 0.728. The molecular formula is C15H20N2O4. The summed E-state index contributed by atoms with van der Waals surface area (Å²) in [4.78, 5) is 26.7. The summed E-state index contributed by atoms with van der Waals surface area (Å²) in [5.41, 5.74) is 1.22. The largest absolute Gasteiger partial charge is 0.507 e. The first-order valence-corrected chi connectivity index (χ1v) is 7.00. The van der Waals surface area contributed by atoms with E-state index >= 15 is 0 Å². The van der Waals surface area contributed by atoms with Gasteiger partial charge >= 0.3 is 5.97 Å². The van der Waals surface area contributed by atoms with Crippen molar-refractivity contribution in [3.63, 3.8) is 0 Å². The van der Waals surface area contributed by atoms with Gasteiger partial charge in [0, 0.05) is 26.2 Å². The van der Waals surface area contributed by atoms with Crippen LogP contribution in [0.4, 0.5) is 0 Å². The number of amides is 1. The second-order valence-corrected chi connectivity index (χ2v) is 5.34. The third-order valence-electron chi connectivity index (χ3n) is 3.62. The van der Waals surface area contributed by atoms with Gasteiger partial charge in [-0.3, -0.25) is 14.5 Å². The molecule has 2 N–H and O–H groups in total. The van der Waals surface area contributed by atoms with Gasteiger partial charge in [0.2, 0.25) is 0 Å². The summed E-state index contributed by atoms with van der Waals surface area (Å²) in [7, 11) is 0. The van der Waals surface area contributed by atoms with Gasteiger partial charge in [0.15, 0.2) is 0 Å². The maximum atomic E-state index is 12.5. The van der Waals surface area contributed by atoms with E-state index in [4.69, 9.17) is 5.11 Å². The van der Waals surface area contributed by atoms with Gasteiger partial charge in [-0.15, -0.1) is 0 Å². The Bertz CT molecular complexity index is 544. The summed E-state index contributed by atoms with van der Waals surface area (Å²) in [6, 6.07) is 4.96. The number of nitrogens with zero attached hydrogens (tertiary/aromatic N) is 2. The lowest BCUT2D eigenvalue weighted by atomic mass is 10.1. The Balaban J connectivity index is 2.06. The second-order valence-electron chi connectivity index (χ2n) is 5.34. The minimum absolute atomic E-state index is 0.00226. The minimum Gasteiger partial charge on any atom is -0.507 e. The Morgan fingerprint density at radius 3 is 2.67 bits per heavy atom. The van der Waals surface area contributed by atoms with Crippen LogP contribution in [-0.4, -0.2) is 64.6 Å². The Kier molecular flexibility index (Phi) is 4.80. The van der Waals surface area contributed by atoms with Crippen molar-refractivity contribution in [3.8, 4) is 5.75 Å². The molecule has 6 heteroatoms. The lowest BCUT2D eigenvalue weighted by Crippen LogP contribution is -2.36. The van der Waals surface area contributed by atoms with Gasteiger partial charge in [0.1, 0.15) is 5.75 Å². The number of rotatable bonds is 3. The van der Waals surface area contributed by atoms with Gasteiger partial charge in [0.25, 0.3) is 5.91 Å². The summed E-state index contributed by atoms with van der Waals surface area (Å²) in [6.45, 7) is 4.10. The molecule has 1 aliphatic heterocycles. The standard InChI is InChI=1S/C15H20N2O4/c1-11-3-4-13(18)12(9-11)15(21)17-6-2-5-16(7-8-17)10-14(19)20/h3-4,9,18H,2,5-8,10H2,1H3,(H,19,20). The van der Waals surface area contributed by atoms with E-state index in [1.165, 1.54) is 6.07 Å². The molecule has 1 aromatic rings. The molecule has 0 unspecified atom stereocenters. The van der Waals surface area contributed by atoms with Gasteiger partial charge in [-0.25, -0.2) is 0 Å². The SMILES string of the molecule is Cc1ccc(O)c(C(=O)N2CCCN(CC(=O)O)CC2)c1. The van der Waals surface area contributed by atoms with E-state index in [-0.39, 0.29) is 18.2 Å². The fraction of sp³-hybridized carbons (Fsp3) is 0.467. The van der Waals surface area contributed by atoms with Crippen LogP contribution in [0.25, 0.3) is 0 Å².